The van der Waals surface area contributed by atoms with Gasteiger partial charge in [0.1, 0.15) is 12.4 Å². The maximum absolute atomic E-state index is 12.3. The summed E-state index contributed by atoms with van der Waals surface area (Å²) >= 11 is 5.87. The van der Waals surface area contributed by atoms with Gasteiger partial charge in [0.2, 0.25) is 11.8 Å². The van der Waals surface area contributed by atoms with E-state index in [9.17, 15) is 14.4 Å². The lowest BCUT2D eigenvalue weighted by molar-refractivity contribution is -0.126. The summed E-state index contributed by atoms with van der Waals surface area (Å²) in [4.78, 5) is 37.5. The molecule has 3 rings (SSSR count). The van der Waals surface area contributed by atoms with Gasteiger partial charge in [0.05, 0.1) is 18.0 Å². The topological polar surface area (TPSA) is 102 Å². The van der Waals surface area contributed by atoms with Crippen molar-refractivity contribution in [3.63, 3.8) is 0 Å². The highest BCUT2D eigenvalue weighted by atomic mass is 35.5. The molecule has 2 aromatic carbocycles. The summed E-state index contributed by atoms with van der Waals surface area (Å²) in [6.45, 7) is 0.491. The van der Waals surface area contributed by atoms with Crippen LogP contribution in [0.5, 0.6) is 5.75 Å². The van der Waals surface area contributed by atoms with Crippen LogP contribution in [-0.2, 0) is 9.59 Å². The average Bonchev–Trinajstić information content (AvgIpc) is 3.13. The Kier molecular flexibility index (Phi) is 6.94. The lowest BCUT2D eigenvalue weighted by Crippen LogP contribution is -2.33. The Balaban J connectivity index is 1.45. The van der Waals surface area contributed by atoms with Crippen LogP contribution >= 0.6 is 11.6 Å². The van der Waals surface area contributed by atoms with Crippen molar-refractivity contribution < 1.29 is 19.1 Å². The molecule has 1 saturated heterocycles. The zero-order valence-electron chi connectivity index (χ0n) is 16.1. The molecular weight excluding hydrogens is 406 g/mol. The van der Waals surface area contributed by atoms with E-state index in [1.165, 1.54) is 0 Å². The van der Waals surface area contributed by atoms with Crippen molar-refractivity contribution in [2.75, 3.05) is 24.6 Å². The maximum atomic E-state index is 12.3. The zero-order chi connectivity index (χ0) is 21.5. The summed E-state index contributed by atoms with van der Waals surface area (Å²) in [6.07, 6.45) is 0.148. The first kappa shape index (κ1) is 21.2. The fourth-order valence-corrected chi connectivity index (χ4v) is 3.18. The van der Waals surface area contributed by atoms with Crippen LogP contribution in [0.1, 0.15) is 16.8 Å². The van der Waals surface area contributed by atoms with Crippen molar-refractivity contribution in [2.24, 2.45) is 11.7 Å². The summed E-state index contributed by atoms with van der Waals surface area (Å²) in [6, 6.07) is 13.5. The van der Waals surface area contributed by atoms with Crippen LogP contribution in [0.3, 0.4) is 0 Å². The predicted molar refractivity (Wildman–Crippen MR) is 113 cm³/mol. The number of amides is 3. The minimum atomic E-state index is -0.579. The summed E-state index contributed by atoms with van der Waals surface area (Å²) in [7, 11) is 0. The number of hydrogen-bond acceptors (Lipinski definition) is 4. The molecule has 7 nitrogen and oxygen atoms in total. The highest BCUT2D eigenvalue weighted by Crippen LogP contribution is 2.26. The molecule has 3 N–H and O–H groups in total. The molecule has 0 radical (unpaired) electrons. The van der Waals surface area contributed by atoms with Gasteiger partial charge in [-0.25, -0.2) is 0 Å². The van der Waals surface area contributed by atoms with Crippen molar-refractivity contribution in [2.45, 2.75) is 6.42 Å². The second kappa shape index (κ2) is 9.81. The molecule has 0 saturated carbocycles. The Morgan fingerprint density at radius 2 is 1.90 bits per heavy atom. The molecule has 1 aliphatic rings. The van der Waals surface area contributed by atoms with Gasteiger partial charge < -0.3 is 20.7 Å². The minimum absolute atomic E-state index is 0.0480. The molecule has 0 unspecified atom stereocenters. The van der Waals surface area contributed by atoms with E-state index in [1.54, 1.807) is 53.4 Å². The Labute approximate surface area is 179 Å². The molecule has 30 heavy (non-hydrogen) atoms. The van der Waals surface area contributed by atoms with Gasteiger partial charge in [-0.05, 0) is 36.4 Å². The zero-order valence-corrected chi connectivity index (χ0v) is 16.8. The number of nitrogens with two attached hydrogens (primary N) is 1. The quantitative estimate of drug-likeness (QED) is 0.691. The molecule has 0 spiro atoms. The van der Waals surface area contributed by atoms with Gasteiger partial charge >= 0.3 is 0 Å². The summed E-state index contributed by atoms with van der Waals surface area (Å²) in [5.74, 6) is 4.56. The van der Waals surface area contributed by atoms with Gasteiger partial charge in [-0.2, -0.15) is 0 Å². The van der Waals surface area contributed by atoms with Crippen LogP contribution in [0, 0.1) is 17.8 Å². The molecule has 3 amide bonds. The van der Waals surface area contributed by atoms with Crippen LogP contribution in [0.2, 0.25) is 5.02 Å². The lowest BCUT2D eigenvalue weighted by Gasteiger charge is -2.16. The fourth-order valence-electron chi connectivity index (χ4n) is 3.05. The van der Waals surface area contributed by atoms with Crippen molar-refractivity contribution in [3.8, 4) is 17.6 Å². The van der Waals surface area contributed by atoms with Crippen molar-refractivity contribution in [1.82, 2.24) is 5.32 Å². The second-order valence-corrected chi connectivity index (χ2v) is 7.04. The molecular formula is C22H20ClN3O4. The third-order valence-electron chi connectivity index (χ3n) is 4.56. The number of hydrogen-bond donors (Lipinski definition) is 2. The molecule has 1 fully saturated rings. The number of nitrogens with one attached hydrogen (secondary N) is 1. The molecule has 2 aromatic rings. The van der Waals surface area contributed by atoms with Gasteiger partial charge in [-0.15, -0.1) is 0 Å². The first-order valence-corrected chi connectivity index (χ1v) is 9.64. The SMILES string of the molecule is NC(=O)c1ccccc1OCC#CCNC(=O)[C@@H]1CC(=O)N(c2ccc(Cl)cc2)C1. The van der Waals surface area contributed by atoms with E-state index in [0.717, 1.165) is 0 Å². The van der Waals surface area contributed by atoms with Gasteiger partial charge in [-0.1, -0.05) is 35.6 Å². The molecule has 1 atom stereocenters. The number of primary amides is 1. The highest BCUT2D eigenvalue weighted by molar-refractivity contribution is 6.30. The molecule has 154 valence electrons. The molecule has 0 aliphatic carbocycles. The summed E-state index contributed by atoms with van der Waals surface area (Å²) < 4.78 is 5.44. The molecule has 1 aliphatic heterocycles. The molecule has 1 heterocycles. The van der Waals surface area contributed by atoms with Crippen LogP contribution in [0.25, 0.3) is 0 Å². The van der Waals surface area contributed by atoms with Crippen molar-refractivity contribution >= 4 is 35.0 Å². The van der Waals surface area contributed by atoms with E-state index >= 15 is 0 Å². The summed E-state index contributed by atoms with van der Waals surface area (Å²) in [5, 5.41) is 3.30. The Bertz CT molecular complexity index is 1010. The molecule has 0 bridgehead atoms. The van der Waals surface area contributed by atoms with Crippen LogP contribution in [-0.4, -0.2) is 37.4 Å². The highest BCUT2D eigenvalue weighted by Gasteiger charge is 2.34. The smallest absolute Gasteiger partial charge is 0.252 e. The van der Waals surface area contributed by atoms with Gasteiger partial charge in [0, 0.05) is 23.7 Å². The van der Waals surface area contributed by atoms with Crippen LogP contribution in [0.4, 0.5) is 5.69 Å². The van der Waals surface area contributed by atoms with Crippen molar-refractivity contribution in [3.05, 3.63) is 59.1 Å². The van der Waals surface area contributed by atoms with Gasteiger partial charge in [0.25, 0.3) is 5.91 Å². The third-order valence-corrected chi connectivity index (χ3v) is 4.81. The van der Waals surface area contributed by atoms with E-state index in [-0.39, 0.29) is 37.0 Å². The Hall–Kier alpha value is -3.50. The van der Waals surface area contributed by atoms with Crippen LogP contribution in [0.15, 0.2) is 48.5 Å². The predicted octanol–water partition coefficient (Wildman–Crippen LogP) is 1.99. The lowest BCUT2D eigenvalue weighted by atomic mass is 10.1. The van der Waals surface area contributed by atoms with Crippen molar-refractivity contribution in [1.29, 1.82) is 0 Å². The Morgan fingerprint density at radius 1 is 1.17 bits per heavy atom. The van der Waals surface area contributed by atoms with E-state index in [4.69, 9.17) is 22.1 Å². The number of anilines is 1. The maximum Gasteiger partial charge on any atom is 0.252 e. The standard InChI is InChI=1S/C22H20ClN3O4/c23-16-7-9-17(10-8-16)26-14-15(13-20(26)27)22(29)25-11-3-4-12-30-19-6-2-1-5-18(19)21(24)28/h1-2,5-10,15H,11-14H2,(H2,24,28)(H,25,29)/t15-/m1/s1. The number of carbonyl (C=O) groups excluding carboxylic acids is 3. The fraction of sp³-hybridized carbons (Fsp3) is 0.227. The molecule has 8 heteroatoms. The van der Waals surface area contributed by atoms with Crippen LogP contribution < -0.4 is 20.7 Å². The van der Waals surface area contributed by atoms with E-state index in [1.807, 2.05) is 0 Å². The van der Waals surface area contributed by atoms with Gasteiger partial charge in [0.15, 0.2) is 0 Å². The number of rotatable bonds is 6. The summed E-state index contributed by atoms with van der Waals surface area (Å²) in [5.41, 5.74) is 6.28. The van der Waals surface area contributed by atoms with Gasteiger partial charge in [-0.3, -0.25) is 14.4 Å². The number of para-hydroxylation sites is 1. The Morgan fingerprint density at radius 3 is 2.63 bits per heavy atom. The second-order valence-electron chi connectivity index (χ2n) is 6.60. The number of benzene rings is 2. The number of nitrogens with zero attached hydrogens (tertiary/aromatic N) is 1. The number of carbonyl (C=O) groups is 3. The van der Waals surface area contributed by atoms with E-state index < -0.39 is 11.8 Å². The average molecular weight is 426 g/mol. The van der Waals surface area contributed by atoms with E-state index in [0.29, 0.717) is 23.0 Å². The molecule has 0 aromatic heterocycles. The minimum Gasteiger partial charge on any atom is -0.480 e. The normalized spacial score (nSPS) is 15.3. The largest absolute Gasteiger partial charge is 0.480 e. The number of halogens is 1. The third kappa shape index (κ3) is 5.31. The first-order chi connectivity index (χ1) is 14.5. The van der Waals surface area contributed by atoms with E-state index in [2.05, 4.69) is 17.2 Å². The first-order valence-electron chi connectivity index (χ1n) is 9.26. The monoisotopic (exact) mass is 425 g/mol. The number of ether oxygens (including phenoxy) is 1.